The number of rotatable bonds is 3. The molecule has 14 heavy (non-hydrogen) atoms. The predicted octanol–water partition coefficient (Wildman–Crippen LogP) is 1.28. The van der Waals surface area contributed by atoms with Gasteiger partial charge in [-0.1, -0.05) is 11.6 Å². The van der Waals surface area contributed by atoms with Crippen LogP contribution in [0, 0.1) is 0 Å². The molecule has 0 radical (unpaired) electrons. The van der Waals surface area contributed by atoms with Crippen molar-refractivity contribution in [3.63, 3.8) is 0 Å². The number of hydrogen-bond acceptors (Lipinski definition) is 3. The number of likely N-dealkylation sites (N-methyl/N-ethyl adjacent to an activating group) is 1. The second-order valence-electron chi connectivity index (χ2n) is 2.87. The van der Waals surface area contributed by atoms with E-state index in [9.17, 15) is 4.79 Å². The van der Waals surface area contributed by atoms with Gasteiger partial charge in [0.15, 0.2) is 0 Å². The molecule has 0 spiro atoms. The number of aromatic nitrogens is 1. The Bertz CT molecular complexity index is 330. The summed E-state index contributed by atoms with van der Waals surface area (Å²) in [6.07, 6.45) is 1.54. The lowest BCUT2D eigenvalue weighted by Crippen LogP contribution is -2.35. The minimum Gasteiger partial charge on any atom is -0.325 e. The van der Waals surface area contributed by atoms with Gasteiger partial charge in [0.2, 0.25) is 5.91 Å². The number of amides is 1. The van der Waals surface area contributed by atoms with Gasteiger partial charge in [0.25, 0.3) is 0 Å². The molecule has 2 N–H and O–H groups in total. The Morgan fingerprint density at radius 3 is 2.93 bits per heavy atom. The minimum absolute atomic E-state index is 0.102. The third kappa shape index (κ3) is 2.97. The van der Waals surface area contributed by atoms with E-state index in [4.69, 9.17) is 11.6 Å². The highest BCUT2D eigenvalue weighted by molar-refractivity contribution is 6.29. The molecule has 4 nitrogen and oxygen atoms in total. The summed E-state index contributed by atoms with van der Waals surface area (Å²) in [6.45, 7) is 1.78. The number of nitrogens with one attached hydrogen (secondary N) is 2. The highest BCUT2D eigenvalue weighted by atomic mass is 35.5. The van der Waals surface area contributed by atoms with Crippen molar-refractivity contribution >= 4 is 23.2 Å². The largest absolute Gasteiger partial charge is 0.325 e. The fourth-order valence-corrected chi connectivity index (χ4v) is 1.04. The first-order valence-electron chi connectivity index (χ1n) is 4.23. The first-order chi connectivity index (χ1) is 6.63. The van der Waals surface area contributed by atoms with Gasteiger partial charge in [0, 0.05) is 11.9 Å². The topological polar surface area (TPSA) is 54.0 Å². The summed E-state index contributed by atoms with van der Waals surface area (Å²) in [5.41, 5.74) is 0.650. The molecule has 1 aromatic rings. The number of anilines is 1. The first kappa shape index (κ1) is 10.9. The van der Waals surface area contributed by atoms with Crippen LogP contribution in [0.5, 0.6) is 0 Å². The molecule has 0 aliphatic carbocycles. The standard InChI is InChI=1S/C9H12ClN3O/c1-6(11-2)9(14)13-7-3-4-12-8(10)5-7/h3-6,11H,1-2H3,(H,12,13,14)/t6-/m0/s1. The summed E-state index contributed by atoms with van der Waals surface area (Å²) in [4.78, 5) is 15.2. The van der Waals surface area contributed by atoms with Gasteiger partial charge in [-0.3, -0.25) is 4.79 Å². The monoisotopic (exact) mass is 213 g/mol. The number of hydrogen-bond donors (Lipinski definition) is 2. The highest BCUT2D eigenvalue weighted by Crippen LogP contribution is 2.11. The maximum absolute atomic E-state index is 11.4. The molecule has 76 valence electrons. The fourth-order valence-electron chi connectivity index (χ4n) is 0.862. The van der Waals surface area contributed by atoms with Crippen molar-refractivity contribution in [2.75, 3.05) is 12.4 Å². The molecule has 0 bridgehead atoms. The van der Waals surface area contributed by atoms with Crippen LogP contribution in [0.15, 0.2) is 18.3 Å². The van der Waals surface area contributed by atoms with Crippen LogP contribution in [0.3, 0.4) is 0 Å². The van der Waals surface area contributed by atoms with Crippen molar-refractivity contribution in [1.82, 2.24) is 10.3 Å². The average Bonchev–Trinajstić information content (AvgIpc) is 2.16. The van der Waals surface area contributed by atoms with Crippen LogP contribution < -0.4 is 10.6 Å². The summed E-state index contributed by atoms with van der Waals surface area (Å²) in [5, 5.41) is 5.91. The van der Waals surface area contributed by atoms with Gasteiger partial charge in [-0.2, -0.15) is 0 Å². The minimum atomic E-state index is -0.234. The SMILES string of the molecule is CN[C@@H](C)C(=O)Nc1ccnc(Cl)c1. The van der Waals surface area contributed by atoms with Gasteiger partial charge in [0.05, 0.1) is 6.04 Å². The fraction of sp³-hybridized carbons (Fsp3) is 0.333. The number of pyridine rings is 1. The second-order valence-corrected chi connectivity index (χ2v) is 3.25. The summed E-state index contributed by atoms with van der Waals surface area (Å²) in [7, 11) is 1.73. The van der Waals surface area contributed by atoms with Crippen molar-refractivity contribution in [1.29, 1.82) is 0 Å². The van der Waals surface area contributed by atoms with Crippen molar-refractivity contribution in [3.05, 3.63) is 23.5 Å². The zero-order valence-corrected chi connectivity index (χ0v) is 8.80. The van der Waals surface area contributed by atoms with Gasteiger partial charge >= 0.3 is 0 Å². The Labute approximate surface area is 87.7 Å². The van der Waals surface area contributed by atoms with E-state index in [1.807, 2.05) is 0 Å². The molecule has 1 amide bonds. The van der Waals surface area contributed by atoms with E-state index in [2.05, 4.69) is 15.6 Å². The summed E-state index contributed by atoms with van der Waals surface area (Å²) in [5.74, 6) is -0.102. The smallest absolute Gasteiger partial charge is 0.241 e. The van der Waals surface area contributed by atoms with E-state index >= 15 is 0 Å². The molecule has 1 rings (SSSR count). The molecule has 1 aromatic heterocycles. The van der Waals surface area contributed by atoms with Crippen LogP contribution in [0.1, 0.15) is 6.92 Å². The molecule has 0 aliphatic rings. The zero-order valence-electron chi connectivity index (χ0n) is 8.04. The Hall–Kier alpha value is -1.13. The lowest BCUT2D eigenvalue weighted by atomic mass is 10.3. The van der Waals surface area contributed by atoms with E-state index in [-0.39, 0.29) is 11.9 Å². The molecule has 0 aliphatic heterocycles. The van der Waals surface area contributed by atoms with Gasteiger partial charge in [-0.25, -0.2) is 4.98 Å². The third-order valence-electron chi connectivity index (χ3n) is 1.82. The van der Waals surface area contributed by atoms with E-state index in [0.717, 1.165) is 0 Å². The van der Waals surface area contributed by atoms with Crippen molar-refractivity contribution in [2.24, 2.45) is 0 Å². The van der Waals surface area contributed by atoms with Crippen LogP contribution in [-0.2, 0) is 4.79 Å². The molecule has 1 heterocycles. The highest BCUT2D eigenvalue weighted by Gasteiger charge is 2.09. The molecule has 0 unspecified atom stereocenters. The molecule has 0 aromatic carbocycles. The molecular formula is C9H12ClN3O. The van der Waals surface area contributed by atoms with Crippen LogP contribution in [0.2, 0.25) is 5.15 Å². The van der Waals surface area contributed by atoms with Gasteiger partial charge in [0.1, 0.15) is 5.15 Å². The lowest BCUT2D eigenvalue weighted by molar-refractivity contribution is -0.117. The molecule has 0 saturated carbocycles. The number of halogens is 1. The maximum Gasteiger partial charge on any atom is 0.241 e. The van der Waals surface area contributed by atoms with E-state index in [0.29, 0.717) is 10.8 Å². The van der Waals surface area contributed by atoms with Crippen LogP contribution in [-0.4, -0.2) is 24.0 Å². The van der Waals surface area contributed by atoms with Crippen molar-refractivity contribution < 1.29 is 4.79 Å². The van der Waals surface area contributed by atoms with Gasteiger partial charge < -0.3 is 10.6 Å². The molecule has 0 saturated heterocycles. The van der Waals surface area contributed by atoms with Crippen molar-refractivity contribution in [3.8, 4) is 0 Å². The first-order valence-corrected chi connectivity index (χ1v) is 4.61. The number of carbonyl (C=O) groups is 1. The molecule has 0 fully saturated rings. The zero-order chi connectivity index (χ0) is 10.6. The van der Waals surface area contributed by atoms with E-state index in [1.165, 1.54) is 0 Å². The third-order valence-corrected chi connectivity index (χ3v) is 2.03. The lowest BCUT2D eigenvalue weighted by Gasteiger charge is -2.10. The van der Waals surface area contributed by atoms with Gasteiger partial charge in [-0.15, -0.1) is 0 Å². The Morgan fingerprint density at radius 2 is 2.36 bits per heavy atom. The average molecular weight is 214 g/mol. The molecule has 5 heteroatoms. The maximum atomic E-state index is 11.4. The molecular weight excluding hydrogens is 202 g/mol. The Balaban J connectivity index is 2.65. The van der Waals surface area contributed by atoms with Crippen LogP contribution >= 0.6 is 11.6 Å². The summed E-state index contributed by atoms with van der Waals surface area (Å²) in [6, 6.07) is 3.05. The molecule has 1 atom stereocenters. The Morgan fingerprint density at radius 1 is 1.64 bits per heavy atom. The van der Waals surface area contributed by atoms with E-state index in [1.54, 1.807) is 32.3 Å². The van der Waals surface area contributed by atoms with Crippen LogP contribution in [0.4, 0.5) is 5.69 Å². The Kier molecular flexibility index (Phi) is 3.85. The van der Waals surface area contributed by atoms with Crippen LogP contribution in [0.25, 0.3) is 0 Å². The normalized spacial score (nSPS) is 12.2. The quantitative estimate of drug-likeness (QED) is 0.744. The number of carbonyl (C=O) groups excluding carboxylic acids is 1. The summed E-state index contributed by atoms with van der Waals surface area (Å²) >= 11 is 5.66. The number of nitrogens with zero attached hydrogens (tertiary/aromatic N) is 1. The van der Waals surface area contributed by atoms with E-state index < -0.39 is 0 Å². The summed E-state index contributed by atoms with van der Waals surface area (Å²) < 4.78 is 0. The van der Waals surface area contributed by atoms with Crippen molar-refractivity contribution in [2.45, 2.75) is 13.0 Å². The predicted molar refractivity (Wildman–Crippen MR) is 56.4 cm³/mol. The van der Waals surface area contributed by atoms with Gasteiger partial charge in [-0.05, 0) is 26.1 Å². The second kappa shape index (κ2) is 4.93.